The van der Waals surface area contributed by atoms with Crippen LogP contribution in [0.3, 0.4) is 0 Å². The third kappa shape index (κ3) is 2.69. The minimum absolute atomic E-state index is 0.101. The van der Waals surface area contributed by atoms with E-state index in [1.807, 2.05) is 0 Å². The van der Waals surface area contributed by atoms with Crippen LogP contribution in [0.4, 0.5) is 22.0 Å². The lowest BCUT2D eigenvalue weighted by atomic mass is 9.85. The Morgan fingerprint density at radius 3 is 2.00 bits per heavy atom. The van der Waals surface area contributed by atoms with E-state index in [4.69, 9.17) is 9.47 Å². The van der Waals surface area contributed by atoms with Crippen LogP contribution in [-0.4, -0.2) is 31.9 Å². The zero-order valence-electron chi connectivity index (χ0n) is 11.4. The van der Waals surface area contributed by atoms with Crippen LogP contribution in [0.1, 0.15) is 13.3 Å². The van der Waals surface area contributed by atoms with Crippen molar-refractivity contribution in [2.24, 2.45) is 0 Å². The maximum Gasteiger partial charge on any atom is 0.207 e. The standard InChI is InChI=1S/C13H14F5NO2/c1-3-20-12-5(19-2)4-6(12)21-13-10(17)8(15)7(14)9(16)11(13)18/h5-6,12,19H,3-4H2,1-2H3. The molecule has 3 unspecified atom stereocenters. The number of rotatable bonds is 5. The predicted molar refractivity (Wildman–Crippen MR) is 63.5 cm³/mol. The van der Waals surface area contributed by atoms with Gasteiger partial charge in [-0.2, -0.15) is 8.78 Å². The second-order valence-electron chi connectivity index (χ2n) is 4.61. The molecule has 0 saturated heterocycles. The van der Waals surface area contributed by atoms with E-state index in [9.17, 15) is 22.0 Å². The van der Waals surface area contributed by atoms with Crippen molar-refractivity contribution in [2.45, 2.75) is 31.6 Å². The van der Waals surface area contributed by atoms with Crippen LogP contribution in [-0.2, 0) is 4.74 Å². The van der Waals surface area contributed by atoms with Gasteiger partial charge >= 0.3 is 0 Å². The highest BCUT2D eigenvalue weighted by Crippen LogP contribution is 2.34. The molecule has 1 aromatic rings. The van der Waals surface area contributed by atoms with Crippen LogP contribution in [0.25, 0.3) is 0 Å². The Hall–Kier alpha value is -1.41. The van der Waals surface area contributed by atoms with Crippen LogP contribution in [0.2, 0.25) is 0 Å². The number of nitrogens with one attached hydrogen (secondary N) is 1. The van der Waals surface area contributed by atoms with Gasteiger partial charge in [-0.05, 0) is 14.0 Å². The summed E-state index contributed by atoms with van der Waals surface area (Å²) in [5, 5.41) is 2.91. The Morgan fingerprint density at radius 1 is 1.00 bits per heavy atom. The van der Waals surface area contributed by atoms with Gasteiger partial charge in [0.05, 0.1) is 0 Å². The zero-order chi connectivity index (χ0) is 15.7. The van der Waals surface area contributed by atoms with Crippen LogP contribution in [0.15, 0.2) is 0 Å². The number of hydrogen-bond acceptors (Lipinski definition) is 3. The van der Waals surface area contributed by atoms with Gasteiger partial charge in [0.25, 0.3) is 0 Å². The molecule has 0 radical (unpaired) electrons. The SMILES string of the molecule is CCOC1C(NC)CC1Oc1c(F)c(F)c(F)c(F)c1F. The lowest BCUT2D eigenvalue weighted by molar-refractivity contribution is -0.105. The van der Waals surface area contributed by atoms with Crippen molar-refractivity contribution in [3.8, 4) is 5.75 Å². The number of halogens is 5. The molecule has 0 aliphatic heterocycles. The van der Waals surface area contributed by atoms with E-state index in [2.05, 4.69) is 5.32 Å². The van der Waals surface area contributed by atoms with Gasteiger partial charge in [-0.3, -0.25) is 0 Å². The summed E-state index contributed by atoms with van der Waals surface area (Å²) in [7, 11) is 1.67. The summed E-state index contributed by atoms with van der Waals surface area (Å²) in [6, 6.07) is -0.101. The summed E-state index contributed by atoms with van der Waals surface area (Å²) in [4.78, 5) is 0. The molecule has 21 heavy (non-hydrogen) atoms. The van der Waals surface area contributed by atoms with E-state index in [0.717, 1.165) is 0 Å². The molecule has 0 spiro atoms. The average molecular weight is 311 g/mol. The Morgan fingerprint density at radius 2 is 1.52 bits per heavy atom. The average Bonchev–Trinajstić information content (AvgIpc) is 2.47. The van der Waals surface area contributed by atoms with Crippen molar-refractivity contribution >= 4 is 0 Å². The number of likely N-dealkylation sites (N-methyl/N-ethyl adjacent to an activating group) is 1. The molecule has 0 heterocycles. The van der Waals surface area contributed by atoms with Gasteiger partial charge in [-0.25, -0.2) is 13.2 Å². The molecule has 118 valence electrons. The summed E-state index contributed by atoms with van der Waals surface area (Å²) in [5.74, 6) is -11.5. The van der Waals surface area contributed by atoms with Crippen molar-refractivity contribution < 1.29 is 31.4 Å². The number of ether oxygens (including phenoxy) is 2. The Bertz CT molecular complexity index is 511. The summed E-state index contributed by atoms with van der Waals surface area (Å²) in [6.07, 6.45) is -0.966. The Balaban J connectivity index is 2.25. The Labute approximate surface area is 118 Å². The molecule has 1 N–H and O–H groups in total. The third-order valence-electron chi connectivity index (χ3n) is 3.42. The largest absolute Gasteiger partial charge is 0.481 e. The molecule has 8 heteroatoms. The highest BCUT2D eigenvalue weighted by molar-refractivity contribution is 5.30. The van der Waals surface area contributed by atoms with Gasteiger partial charge in [-0.1, -0.05) is 0 Å². The first-order valence-corrected chi connectivity index (χ1v) is 6.39. The van der Waals surface area contributed by atoms with Crippen molar-refractivity contribution in [2.75, 3.05) is 13.7 Å². The molecule has 1 aromatic carbocycles. The molecular weight excluding hydrogens is 297 g/mol. The fraction of sp³-hybridized carbons (Fsp3) is 0.538. The summed E-state index contributed by atoms with van der Waals surface area (Å²) >= 11 is 0. The van der Waals surface area contributed by atoms with Crippen molar-refractivity contribution in [3.63, 3.8) is 0 Å². The minimum Gasteiger partial charge on any atom is -0.481 e. The molecule has 2 rings (SSSR count). The minimum atomic E-state index is -2.21. The monoisotopic (exact) mass is 311 g/mol. The smallest absolute Gasteiger partial charge is 0.207 e. The molecule has 1 saturated carbocycles. The van der Waals surface area contributed by atoms with Crippen LogP contribution in [0, 0.1) is 29.1 Å². The Kier molecular flexibility index (Phi) is 4.67. The van der Waals surface area contributed by atoms with Gasteiger partial charge in [-0.15, -0.1) is 0 Å². The molecular formula is C13H14F5NO2. The lowest BCUT2D eigenvalue weighted by Crippen LogP contribution is -2.60. The van der Waals surface area contributed by atoms with Gasteiger partial charge in [0.1, 0.15) is 12.2 Å². The predicted octanol–water partition coefficient (Wildman–Crippen LogP) is 2.53. The van der Waals surface area contributed by atoms with Crippen molar-refractivity contribution in [1.82, 2.24) is 5.32 Å². The second-order valence-corrected chi connectivity index (χ2v) is 4.61. The molecule has 0 amide bonds. The molecule has 1 aliphatic rings. The zero-order valence-corrected chi connectivity index (χ0v) is 11.4. The maximum absolute atomic E-state index is 13.5. The number of benzene rings is 1. The highest BCUT2D eigenvalue weighted by Gasteiger charge is 2.44. The van der Waals surface area contributed by atoms with Crippen molar-refractivity contribution in [1.29, 1.82) is 0 Å². The van der Waals surface area contributed by atoms with E-state index in [0.29, 0.717) is 13.0 Å². The summed E-state index contributed by atoms with van der Waals surface area (Å²) in [5.41, 5.74) is 0. The fourth-order valence-electron chi connectivity index (χ4n) is 2.23. The van der Waals surface area contributed by atoms with Gasteiger partial charge in [0.2, 0.25) is 29.1 Å². The third-order valence-corrected chi connectivity index (χ3v) is 3.42. The summed E-state index contributed by atoms with van der Waals surface area (Å²) in [6.45, 7) is 2.06. The topological polar surface area (TPSA) is 30.5 Å². The first kappa shape index (κ1) is 16.0. The summed E-state index contributed by atoms with van der Waals surface area (Å²) < 4.78 is 76.4. The second kappa shape index (κ2) is 6.15. The number of hydrogen-bond donors (Lipinski definition) is 1. The van der Waals surface area contributed by atoms with E-state index >= 15 is 0 Å². The first-order chi connectivity index (χ1) is 9.92. The lowest BCUT2D eigenvalue weighted by Gasteiger charge is -2.43. The van der Waals surface area contributed by atoms with E-state index in [1.54, 1.807) is 14.0 Å². The van der Waals surface area contributed by atoms with Crippen LogP contribution < -0.4 is 10.1 Å². The van der Waals surface area contributed by atoms with Crippen LogP contribution >= 0.6 is 0 Å². The van der Waals surface area contributed by atoms with Gasteiger partial charge in [0.15, 0.2) is 5.75 Å². The molecule has 1 aliphatic carbocycles. The van der Waals surface area contributed by atoms with Gasteiger partial charge in [0, 0.05) is 19.1 Å². The van der Waals surface area contributed by atoms with E-state index in [-0.39, 0.29) is 6.04 Å². The first-order valence-electron chi connectivity index (χ1n) is 6.39. The van der Waals surface area contributed by atoms with E-state index < -0.39 is 47.0 Å². The van der Waals surface area contributed by atoms with Crippen LogP contribution in [0.5, 0.6) is 5.75 Å². The quantitative estimate of drug-likeness (QED) is 0.515. The van der Waals surface area contributed by atoms with Crippen molar-refractivity contribution in [3.05, 3.63) is 29.1 Å². The maximum atomic E-state index is 13.5. The molecule has 3 nitrogen and oxygen atoms in total. The highest BCUT2D eigenvalue weighted by atomic mass is 19.2. The molecule has 3 atom stereocenters. The normalized spacial score (nSPS) is 24.8. The fourth-order valence-corrected chi connectivity index (χ4v) is 2.23. The molecule has 1 fully saturated rings. The molecule has 0 bridgehead atoms. The molecule has 0 aromatic heterocycles. The van der Waals surface area contributed by atoms with E-state index in [1.165, 1.54) is 0 Å². The van der Waals surface area contributed by atoms with Gasteiger partial charge < -0.3 is 14.8 Å².